The fraction of sp³-hybridized carbons (Fsp3) is 0.292. The van der Waals surface area contributed by atoms with Crippen LogP contribution < -0.4 is 15.2 Å². The van der Waals surface area contributed by atoms with E-state index in [0.29, 0.717) is 41.4 Å². The summed E-state index contributed by atoms with van der Waals surface area (Å²) in [4.78, 5) is 22.5. The van der Waals surface area contributed by atoms with E-state index in [9.17, 15) is 4.79 Å². The number of ether oxygens (including phenoxy) is 2. The molecule has 1 atom stereocenters. The average Bonchev–Trinajstić information content (AvgIpc) is 3.43. The predicted molar refractivity (Wildman–Crippen MR) is 121 cm³/mol. The van der Waals surface area contributed by atoms with Crippen molar-refractivity contribution < 1.29 is 14.3 Å². The molecule has 2 N–H and O–H groups in total. The number of carbonyl (C=O) groups excluding carboxylic acids is 1. The van der Waals surface area contributed by atoms with Crippen LogP contribution in [0.3, 0.4) is 0 Å². The highest BCUT2D eigenvalue weighted by molar-refractivity contribution is 5.94. The van der Waals surface area contributed by atoms with Gasteiger partial charge in [-0.3, -0.25) is 4.79 Å². The topological polar surface area (TPSA) is 95.5 Å². The molecule has 2 aromatic heterocycles. The third-order valence-electron chi connectivity index (χ3n) is 5.41. The molecule has 0 aliphatic carbocycles. The first-order chi connectivity index (χ1) is 15.5. The smallest absolute Gasteiger partial charge is 0.298 e. The fourth-order valence-electron chi connectivity index (χ4n) is 3.84. The molecule has 0 spiro atoms. The Bertz CT molecular complexity index is 1280. The molecule has 3 aromatic rings. The van der Waals surface area contributed by atoms with E-state index in [2.05, 4.69) is 33.6 Å². The van der Waals surface area contributed by atoms with E-state index in [0.717, 1.165) is 17.5 Å². The lowest BCUT2D eigenvalue weighted by Crippen LogP contribution is -2.27. The van der Waals surface area contributed by atoms with Crippen molar-refractivity contribution in [2.45, 2.75) is 19.4 Å². The van der Waals surface area contributed by atoms with Crippen molar-refractivity contribution in [3.05, 3.63) is 41.9 Å². The van der Waals surface area contributed by atoms with Gasteiger partial charge in [0.2, 0.25) is 0 Å². The Morgan fingerprint density at radius 1 is 1.16 bits per heavy atom. The molecule has 1 fully saturated rings. The molecule has 1 aliphatic heterocycles. The molecule has 0 bridgehead atoms. The molecule has 162 valence electrons. The Balaban J connectivity index is 1.73. The van der Waals surface area contributed by atoms with Crippen LogP contribution in [0.5, 0.6) is 11.5 Å². The van der Waals surface area contributed by atoms with E-state index in [1.54, 1.807) is 32.1 Å². The summed E-state index contributed by atoms with van der Waals surface area (Å²) in [5.74, 6) is 13.2. The highest BCUT2D eigenvalue weighted by Crippen LogP contribution is 2.30. The van der Waals surface area contributed by atoms with Crippen molar-refractivity contribution >= 4 is 22.8 Å². The number of methoxy groups -OCH3 is 2. The number of nitrogens with two attached hydrogens (primary N) is 1. The number of anilines is 1. The number of likely N-dealkylation sites (tertiary alicyclic amines) is 1. The minimum Gasteiger partial charge on any atom is -0.497 e. The van der Waals surface area contributed by atoms with Gasteiger partial charge in [0, 0.05) is 30.9 Å². The summed E-state index contributed by atoms with van der Waals surface area (Å²) in [5, 5.41) is 0.702. The minimum atomic E-state index is -0.160. The van der Waals surface area contributed by atoms with Crippen LogP contribution in [0, 0.1) is 23.7 Å². The quantitative estimate of drug-likeness (QED) is 0.642. The third-order valence-corrected chi connectivity index (χ3v) is 5.41. The number of fused-ring (bicyclic) bond motifs is 1. The molecule has 4 rings (SSSR count). The van der Waals surface area contributed by atoms with Gasteiger partial charge in [0.15, 0.2) is 0 Å². The van der Waals surface area contributed by atoms with E-state index in [4.69, 9.17) is 15.2 Å². The maximum absolute atomic E-state index is 12.2. The molecular weight excluding hydrogens is 406 g/mol. The van der Waals surface area contributed by atoms with E-state index < -0.39 is 0 Å². The standard InChI is InChI=1S/C24H23N5O3/c1-4-5-21(30)28-9-8-18(14-28)29-13-17(22-23(25)26-15-27-24(22)29)7-6-16-10-19(31-2)12-20(11-16)32-3/h10-13,15,18H,8-9,14H2,1-3H3,(H2,25,26,27). The van der Waals surface area contributed by atoms with Crippen LogP contribution in [0.15, 0.2) is 30.7 Å². The molecule has 1 saturated heterocycles. The van der Waals surface area contributed by atoms with E-state index in [-0.39, 0.29) is 11.9 Å². The van der Waals surface area contributed by atoms with Crippen LogP contribution in [0.2, 0.25) is 0 Å². The Kier molecular flexibility index (Phi) is 5.87. The number of nitrogen functional groups attached to an aromatic ring is 1. The number of nitrogens with zero attached hydrogens (tertiary/aromatic N) is 4. The molecule has 1 unspecified atom stereocenters. The Labute approximate surface area is 186 Å². The summed E-state index contributed by atoms with van der Waals surface area (Å²) in [6.07, 6.45) is 4.17. The molecule has 8 nitrogen and oxygen atoms in total. The summed E-state index contributed by atoms with van der Waals surface area (Å²) < 4.78 is 12.7. The van der Waals surface area contributed by atoms with Gasteiger partial charge >= 0.3 is 0 Å². The molecule has 0 radical (unpaired) electrons. The summed E-state index contributed by atoms with van der Waals surface area (Å²) in [5.41, 5.74) is 8.35. The second-order valence-electron chi connectivity index (χ2n) is 7.33. The summed E-state index contributed by atoms with van der Waals surface area (Å²) in [6.45, 7) is 2.86. The molecule has 32 heavy (non-hydrogen) atoms. The van der Waals surface area contributed by atoms with Gasteiger partial charge in [0.1, 0.15) is 29.3 Å². The van der Waals surface area contributed by atoms with Crippen molar-refractivity contribution in [2.75, 3.05) is 33.0 Å². The van der Waals surface area contributed by atoms with Gasteiger partial charge in [-0.25, -0.2) is 9.97 Å². The van der Waals surface area contributed by atoms with Gasteiger partial charge < -0.3 is 24.7 Å². The average molecular weight is 429 g/mol. The molecule has 1 amide bonds. The van der Waals surface area contributed by atoms with E-state index in [1.807, 2.05) is 22.9 Å². The zero-order valence-corrected chi connectivity index (χ0v) is 18.2. The number of carbonyl (C=O) groups is 1. The van der Waals surface area contributed by atoms with Crippen molar-refractivity contribution in [1.29, 1.82) is 0 Å². The molecule has 0 saturated carbocycles. The molecule has 8 heteroatoms. The number of rotatable bonds is 3. The lowest BCUT2D eigenvalue weighted by atomic mass is 10.1. The molecule has 1 aliphatic rings. The first-order valence-corrected chi connectivity index (χ1v) is 10.1. The van der Waals surface area contributed by atoms with Crippen molar-refractivity contribution in [1.82, 2.24) is 19.4 Å². The van der Waals surface area contributed by atoms with Crippen LogP contribution in [0.1, 0.15) is 30.5 Å². The Morgan fingerprint density at radius 3 is 2.59 bits per heavy atom. The van der Waals surface area contributed by atoms with Crippen molar-refractivity contribution in [2.24, 2.45) is 0 Å². The van der Waals surface area contributed by atoms with Crippen LogP contribution >= 0.6 is 0 Å². The highest BCUT2D eigenvalue weighted by atomic mass is 16.5. The highest BCUT2D eigenvalue weighted by Gasteiger charge is 2.28. The molecule has 1 aromatic carbocycles. The van der Waals surface area contributed by atoms with Gasteiger partial charge in [0.25, 0.3) is 5.91 Å². The number of benzene rings is 1. The number of aromatic nitrogens is 3. The Hall–Kier alpha value is -4.17. The fourth-order valence-corrected chi connectivity index (χ4v) is 3.84. The second-order valence-corrected chi connectivity index (χ2v) is 7.33. The van der Waals surface area contributed by atoms with E-state index in [1.165, 1.54) is 6.33 Å². The first-order valence-electron chi connectivity index (χ1n) is 10.1. The summed E-state index contributed by atoms with van der Waals surface area (Å²) in [6, 6.07) is 5.52. The number of amides is 1. The zero-order valence-electron chi connectivity index (χ0n) is 18.2. The van der Waals surface area contributed by atoms with Crippen LogP contribution in [-0.4, -0.2) is 52.7 Å². The third kappa shape index (κ3) is 4.03. The first kappa shape index (κ1) is 21.1. The van der Waals surface area contributed by atoms with Gasteiger partial charge in [0.05, 0.1) is 31.2 Å². The van der Waals surface area contributed by atoms with Gasteiger partial charge in [-0.15, -0.1) is 0 Å². The monoisotopic (exact) mass is 429 g/mol. The predicted octanol–water partition coefficient (Wildman–Crippen LogP) is 2.23. The Morgan fingerprint density at radius 2 is 1.91 bits per heavy atom. The van der Waals surface area contributed by atoms with Gasteiger partial charge in [-0.05, 0) is 31.4 Å². The van der Waals surface area contributed by atoms with Gasteiger partial charge in [-0.1, -0.05) is 17.8 Å². The lowest BCUT2D eigenvalue weighted by Gasteiger charge is -2.15. The maximum atomic E-state index is 12.2. The lowest BCUT2D eigenvalue weighted by molar-refractivity contribution is -0.124. The van der Waals surface area contributed by atoms with Crippen LogP contribution in [0.4, 0.5) is 5.82 Å². The number of hydrogen-bond acceptors (Lipinski definition) is 6. The SMILES string of the molecule is CC#CC(=O)N1CCC(n2cc(C#Cc3cc(OC)cc(OC)c3)c3c(N)ncnc32)C1. The normalized spacial score (nSPS) is 15.0. The molecular formula is C24H23N5O3. The maximum Gasteiger partial charge on any atom is 0.298 e. The minimum absolute atomic E-state index is 0.0573. The van der Waals surface area contributed by atoms with Crippen molar-refractivity contribution in [3.8, 4) is 35.2 Å². The summed E-state index contributed by atoms with van der Waals surface area (Å²) >= 11 is 0. The van der Waals surface area contributed by atoms with Crippen molar-refractivity contribution in [3.63, 3.8) is 0 Å². The number of hydrogen-bond donors (Lipinski definition) is 1. The van der Waals surface area contributed by atoms with Crippen LogP contribution in [0.25, 0.3) is 11.0 Å². The largest absolute Gasteiger partial charge is 0.497 e. The van der Waals surface area contributed by atoms with Crippen LogP contribution in [-0.2, 0) is 4.79 Å². The second kappa shape index (κ2) is 8.91. The molecule has 3 heterocycles. The summed E-state index contributed by atoms with van der Waals surface area (Å²) in [7, 11) is 3.19. The van der Waals surface area contributed by atoms with Gasteiger partial charge in [-0.2, -0.15) is 0 Å². The van der Waals surface area contributed by atoms with E-state index >= 15 is 0 Å². The zero-order chi connectivity index (χ0) is 22.7.